The molecule has 1 aliphatic heterocycles. The molecule has 4 rings (SSSR count). The smallest absolute Gasteiger partial charge is 0.151 e. The Bertz CT molecular complexity index is 823. The quantitative estimate of drug-likeness (QED) is 0.730. The molecule has 1 aromatic carbocycles. The lowest BCUT2D eigenvalue weighted by atomic mass is 10.1. The van der Waals surface area contributed by atoms with Crippen molar-refractivity contribution in [2.75, 3.05) is 19.6 Å². The second kappa shape index (κ2) is 8.64. The Balaban J connectivity index is 0.00000196. The second-order valence-corrected chi connectivity index (χ2v) is 6.60. The molecule has 1 fully saturated rings. The highest BCUT2D eigenvalue weighted by Gasteiger charge is 2.25. The Morgan fingerprint density at radius 1 is 1.23 bits per heavy atom. The summed E-state index contributed by atoms with van der Waals surface area (Å²) < 4.78 is 5.58. The first-order chi connectivity index (χ1) is 12.3. The summed E-state index contributed by atoms with van der Waals surface area (Å²) in [6.45, 7) is 3.55. The van der Waals surface area contributed by atoms with E-state index in [9.17, 15) is 0 Å². The molecule has 1 atom stereocenters. The number of hydrogen-bond donors (Lipinski definition) is 1. The summed E-state index contributed by atoms with van der Waals surface area (Å²) in [5.74, 6) is 0.862. The molecule has 1 unspecified atom stereocenters. The van der Waals surface area contributed by atoms with Crippen LogP contribution in [0.2, 0.25) is 5.02 Å². The molecule has 1 aliphatic rings. The van der Waals surface area contributed by atoms with Gasteiger partial charge in [-0.05, 0) is 23.8 Å². The summed E-state index contributed by atoms with van der Waals surface area (Å²) in [6, 6.07) is 14.0. The lowest BCUT2D eigenvalue weighted by Gasteiger charge is -2.35. The van der Waals surface area contributed by atoms with Crippen LogP contribution in [-0.4, -0.2) is 34.7 Å². The van der Waals surface area contributed by atoms with Crippen LogP contribution in [0.3, 0.4) is 0 Å². The molecular weight excluding hydrogens is 371 g/mol. The monoisotopic (exact) mass is 390 g/mol. The van der Waals surface area contributed by atoms with Gasteiger partial charge in [0.1, 0.15) is 5.69 Å². The molecule has 136 valence electrons. The highest BCUT2D eigenvalue weighted by atomic mass is 35.5. The van der Waals surface area contributed by atoms with Crippen molar-refractivity contribution in [3.05, 3.63) is 71.2 Å². The van der Waals surface area contributed by atoms with Crippen molar-refractivity contribution < 1.29 is 4.52 Å². The summed E-state index contributed by atoms with van der Waals surface area (Å²) >= 11 is 5.95. The minimum absolute atomic E-state index is 0. The zero-order valence-electron chi connectivity index (χ0n) is 14.1. The normalized spacial score (nSPS) is 17.7. The number of nitrogens with zero attached hydrogens (tertiary/aromatic N) is 3. The largest absolute Gasteiger partial charge is 0.359 e. The molecule has 0 spiro atoms. The molecule has 7 heteroatoms. The number of rotatable bonds is 4. The predicted molar refractivity (Wildman–Crippen MR) is 104 cm³/mol. The maximum absolute atomic E-state index is 5.95. The lowest BCUT2D eigenvalue weighted by Crippen LogP contribution is -2.45. The van der Waals surface area contributed by atoms with Gasteiger partial charge in [0.05, 0.1) is 6.54 Å². The van der Waals surface area contributed by atoms with Crippen molar-refractivity contribution in [3.63, 3.8) is 0 Å². The maximum atomic E-state index is 5.95. The third-order valence-electron chi connectivity index (χ3n) is 4.48. The lowest BCUT2D eigenvalue weighted by molar-refractivity contribution is 0.138. The molecule has 0 saturated carbocycles. The number of aromatic nitrogens is 2. The minimum atomic E-state index is 0. The van der Waals surface area contributed by atoms with E-state index in [1.807, 2.05) is 42.6 Å². The highest BCUT2D eigenvalue weighted by Crippen LogP contribution is 2.26. The molecule has 5 nitrogen and oxygen atoms in total. The average Bonchev–Trinajstić information content (AvgIpc) is 3.12. The number of nitrogens with one attached hydrogen (secondary N) is 1. The van der Waals surface area contributed by atoms with Crippen molar-refractivity contribution in [1.82, 2.24) is 20.4 Å². The average molecular weight is 391 g/mol. The fourth-order valence-corrected chi connectivity index (χ4v) is 3.31. The number of hydrogen-bond acceptors (Lipinski definition) is 5. The molecule has 3 heterocycles. The number of benzene rings is 1. The summed E-state index contributed by atoms with van der Waals surface area (Å²) in [7, 11) is 0. The van der Waals surface area contributed by atoms with Crippen LogP contribution in [0.5, 0.6) is 0 Å². The van der Waals surface area contributed by atoms with E-state index in [4.69, 9.17) is 16.1 Å². The van der Waals surface area contributed by atoms with Gasteiger partial charge in [0.2, 0.25) is 0 Å². The molecule has 3 aromatic rings. The third-order valence-corrected chi connectivity index (χ3v) is 4.73. The van der Waals surface area contributed by atoms with Crippen molar-refractivity contribution in [2.24, 2.45) is 0 Å². The fraction of sp³-hybridized carbons (Fsp3) is 0.263. The van der Waals surface area contributed by atoms with E-state index >= 15 is 0 Å². The van der Waals surface area contributed by atoms with Crippen LogP contribution in [0, 0.1) is 0 Å². The SMILES string of the molecule is Cl.Clc1ccc(-c2cc(CN3CCNCC3c3cccnc3)on2)cc1. The van der Waals surface area contributed by atoms with Gasteiger partial charge in [-0.3, -0.25) is 9.88 Å². The molecule has 0 amide bonds. The predicted octanol–water partition coefficient (Wildman–Crippen LogP) is 3.96. The summed E-state index contributed by atoms with van der Waals surface area (Å²) in [6.07, 6.45) is 3.74. The van der Waals surface area contributed by atoms with Crippen molar-refractivity contribution in [1.29, 1.82) is 0 Å². The molecule has 1 saturated heterocycles. The Morgan fingerprint density at radius 2 is 2.08 bits per heavy atom. The standard InChI is InChI=1S/C19H19ClN4O.ClH/c20-16-5-3-14(4-6-16)18-10-17(25-23-18)13-24-9-8-22-12-19(24)15-2-1-7-21-11-15;/h1-7,10-11,19,22H,8-9,12-13H2;1H. The van der Waals surface area contributed by atoms with Crippen molar-refractivity contribution >= 4 is 24.0 Å². The summed E-state index contributed by atoms with van der Waals surface area (Å²) in [5.41, 5.74) is 3.05. The number of pyridine rings is 1. The fourth-order valence-electron chi connectivity index (χ4n) is 3.18. The zero-order valence-corrected chi connectivity index (χ0v) is 15.7. The van der Waals surface area contributed by atoms with Gasteiger partial charge >= 0.3 is 0 Å². The van der Waals surface area contributed by atoms with Gasteiger partial charge < -0.3 is 9.84 Å². The number of halogens is 2. The van der Waals surface area contributed by atoms with E-state index in [1.54, 1.807) is 6.20 Å². The van der Waals surface area contributed by atoms with Crippen LogP contribution in [0.15, 0.2) is 59.4 Å². The first-order valence-electron chi connectivity index (χ1n) is 8.36. The van der Waals surface area contributed by atoms with E-state index in [0.29, 0.717) is 5.02 Å². The highest BCUT2D eigenvalue weighted by molar-refractivity contribution is 6.30. The van der Waals surface area contributed by atoms with Gasteiger partial charge in [-0.2, -0.15) is 0 Å². The maximum Gasteiger partial charge on any atom is 0.151 e. The van der Waals surface area contributed by atoms with Crippen LogP contribution in [-0.2, 0) is 6.54 Å². The third kappa shape index (κ3) is 4.24. The molecule has 2 aromatic heterocycles. The van der Waals surface area contributed by atoms with Crippen LogP contribution in [0.25, 0.3) is 11.3 Å². The minimum Gasteiger partial charge on any atom is -0.359 e. The Labute approximate surface area is 163 Å². The van der Waals surface area contributed by atoms with E-state index in [1.165, 1.54) is 5.56 Å². The van der Waals surface area contributed by atoms with Crippen molar-refractivity contribution in [2.45, 2.75) is 12.6 Å². The topological polar surface area (TPSA) is 54.2 Å². The summed E-state index contributed by atoms with van der Waals surface area (Å²) in [4.78, 5) is 6.65. The number of piperazine rings is 1. The Kier molecular flexibility index (Phi) is 6.27. The Hall–Kier alpha value is -1.92. The molecule has 0 aliphatic carbocycles. The van der Waals surface area contributed by atoms with Crippen LogP contribution in [0.4, 0.5) is 0 Å². The first kappa shape index (κ1) is 18.9. The van der Waals surface area contributed by atoms with Gasteiger partial charge in [0.25, 0.3) is 0 Å². The van der Waals surface area contributed by atoms with Gasteiger partial charge in [-0.1, -0.05) is 35.0 Å². The van der Waals surface area contributed by atoms with Crippen LogP contribution in [0.1, 0.15) is 17.4 Å². The van der Waals surface area contributed by atoms with Gasteiger partial charge in [-0.15, -0.1) is 12.4 Å². The van der Waals surface area contributed by atoms with E-state index in [2.05, 4.69) is 26.4 Å². The molecule has 0 radical (unpaired) electrons. The van der Waals surface area contributed by atoms with Gasteiger partial charge in [-0.25, -0.2) is 0 Å². The van der Waals surface area contributed by atoms with E-state index in [0.717, 1.165) is 43.2 Å². The van der Waals surface area contributed by atoms with Gasteiger partial charge in [0.15, 0.2) is 5.76 Å². The molecular formula is C19H20Cl2N4O. The van der Waals surface area contributed by atoms with E-state index in [-0.39, 0.29) is 18.4 Å². The van der Waals surface area contributed by atoms with Gasteiger partial charge in [0, 0.05) is 54.7 Å². The summed E-state index contributed by atoms with van der Waals surface area (Å²) in [5, 5.41) is 8.38. The molecule has 1 N–H and O–H groups in total. The van der Waals surface area contributed by atoms with Crippen LogP contribution < -0.4 is 5.32 Å². The Morgan fingerprint density at radius 3 is 2.85 bits per heavy atom. The van der Waals surface area contributed by atoms with E-state index < -0.39 is 0 Å². The first-order valence-corrected chi connectivity index (χ1v) is 8.73. The molecule has 26 heavy (non-hydrogen) atoms. The van der Waals surface area contributed by atoms with Crippen molar-refractivity contribution in [3.8, 4) is 11.3 Å². The zero-order chi connectivity index (χ0) is 17.1. The molecule has 0 bridgehead atoms. The second-order valence-electron chi connectivity index (χ2n) is 6.16. The van der Waals surface area contributed by atoms with Crippen LogP contribution >= 0.6 is 24.0 Å².